The SMILES string of the molecule is Cc1nn(C2CCS(=O)(=O)C2)c(Cl)c1C=CC(=O)OCC(=O)c1ccc(Cl)s1. The maximum atomic E-state index is 11.9. The second-order valence-corrected chi connectivity index (χ2v) is 10.6. The lowest BCUT2D eigenvalue weighted by atomic mass is 10.2. The van der Waals surface area contributed by atoms with E-state index in [4.69, 9.17) is 27.9 Å². The van der Waals surface area contributed by atoms with Gasteiger partial charge in [0, 0.05) is 11.6 Å². The van der Waals surface area contributed by atoms with Gasteiger partial charge < -0.3 is 4.74 Å². The van der Waals surface area contributed by atoms with Crippen molar-refractivity contribution >= 4 is 62.2 Å². The van der Waals surface area contributed by atoms with Crippen molar-refractivity contribution in [3.05, 3.63) is 43.8 Å². The number of aromatic nitrogens is 2. The molecule has 0 spiro atoms. The Balaban J connectivity index is 1.64. The average Bonchev–Trinajstić information content (AvgIpc) is 3.29. The molecular weight excluding hydrogens is 447 g/mol. The van der Waals surface area contributed by atoms with Gasteiger partial charge in [0.25, 0.3) is 0 Å². The van der Waals surface area contributed by atoms with Crippen LogP contribution < -0.4 is 0 Å². The summed E-state index contributed by atoms with van der Waals surface area (Å²) in [5, 5.41) is 4.56. The highest BCUT2D eigenvalue weighted by atomic mass is 35.5. The number of halogens is 2. The number of hydrogen-bond acceptors (Lipinski definition) is 7. The first-order chi connectivity index (χ1) is 13.2. The molecule has 0 aromatic carbocycles. The third kappa shape index (κ3) is 4.83. The number of aryl methyl sites for hydroxylation is 1. The van der Waals surface area contributed by atoms with E-state index in [0.717, 1.165) is 17.4 Å². The highest BCUT2D eigenvalue weighted by Crippen LogP contribution is 2.30. The lowest BCUT2D eigenvalue weighted by molar-refractivity contribution is -0.136. The number of hydrogen-bond donors (Lipinski definition) is 0. The van der Waals surface area contributed by atoms with E-state index in [1.165, 1.54) is 10.8 Å². The zero-order valence-corrected chi connectivity index (χ0v) is 17.9. The smallest absolute Gasteiger partial charge is 0.331 e. The van der Waals surface area contributed by atoms with E-state index >= 15 is 0 Å². The summed E-state index contributed by atoms with van der Waals surface area (Å²) in [5.41, 5.74) is 1.06. The Bertz CT molecular complexity index is 1060. The molecule has 0 radical (unpaired) electrons. The van der Waals surface area contributed by atoms with Crippen LogP contribution in [0.4, 0.5) is 0 Å². The largest absolute Gasteiger partial charge is 0.454 e. The van der Waals surface area contributed by atoms with Crippen LogP contribution >= 0.6 is 34.5 Å². The highest BCUT2D eigenvalue weighted by Gasteiger charge is 2.31. The monoisotopic (exact) mass is 462 g/mol. The number of ketones is 1. The molecule has 11 heteroatoms. The summed E-state index contributed by atoms with van der Waals surface area (Å²) in [6, 6.07) is 2.85. The molecule has 28 heavy (non-hydrogen) atoms. The molecular formula is C17H16Cl2N2O5S2. The van der Waals surface area contributed by atoms with Gasteiger partial charge in [0.05, 0.1) is 32.5 Å². The number of thiophene rings is 1. The second kappa shape index (κ2) is 8.36. The van der Waals surface area contributed by atoms with Crippen LogP contribution in [-0.4, -0.2) is 48.1 Å². The Morgan fingerprint density at radius 3 is 2.75 bits per heavy atom. The Morgan fingerprint density at radius 2 is 2.14 bits per heavy atom. The molecule has 2 aromatic heterocycles. The predicted octanol–water partition coefficient (Wildman–Crippen LogP) is 3.36. The minimum Gasteiger partial charge on any atom is -0.454 e. The molecule has 1 atom stereocenters. The average molecular weight is 463 g/mol. The van der Waals surface area contributed by atoms with E-state index in [1.54, 1.807) is 19.1 Å². The van der Waals surface area contributed by atoms with Crippen LogP contribution in [0.25, 0.3) is 6.08 Å². The maximum absolute atomic E-state index is 11.9. The third-order valence-corrected chi connectivity index (χ3v) is 7.60. The molecule has 0 N–H and O–H groups in total. The van der Waals surface area contributed by atoms with Gasteiger partial charge in [-0.05, 0) is 31.6 Å². The fourth-order valence-electron chi connectivity index (χ4n) is 2.80. The number of ether oxygens (including phenoxy) is 1. The molecule has 3 heterocycles. The molecule has 0 saturated carbocycles. The van der Waals surface area contributed by atoms with Gasteiger partial charge in [-0.1, -0.05) is 23.2 Å². The molecule has 0 bridgehead atoms. The first-order valence-corrected chi connectivity index (χ1v) is 11.6. The van der Waals surface area contributed by atoms with Crippen molar-refractivity contribution in [1.29, 1.82) is 0 Å². The highest BCUT2D eigenvalue weighted by molar-refractivity contribution is 7.91. The van der Waals surface area contributed by atoms with Gasteiger partial charge in [-0.3, -0.25) is 4.79 Å². The number of carbonyl (C=O) groups excluding carboxylic acids is 2. The van der Waals surface area contributed by atoms with Crippen molar-refractivity contribution in [3.8, 4) is 0 Å². The van der Waals surface area contributed by atoms with Crippen molar-refractivity contribution in [2.75, 3.05) is 18.1 Å². The summed E-state index contributed by atoms with van der Waals surface area (Å²) in [5.74, 6) is -0.951. The molecule has 1 aliphatic rings. The molecule has 1 unspecified atom stereocenters. The minimum absolute atomic E-state index is 0.00607. The molecule has 3 rings (SSSR count). The Hall–Kier alpha value is -1.68. The van der Waals surface area contributed by atoms with Gasteiger partial charge in [-0.15, -0.1) is 11.3 Å². The summed E-state index contributed by atoms with van der Waals surface area (Å²) in [6.07, 6.45) is 3.04. The van der Waals surface area contributed by atoms with Crippen molar-refractivity contribution in [2.24, 2.45) is 0 Å². The van der Waals surface area contributed by atoms with Crippen molar-refractivity contribution in [2.45, 2.75) is 19.4 Å². The van der Waals surface area contributed by atoms with Gasteiger partial charge >= 0.3 is 5.97 Å². The van der Waals surface area contributed by atoms with Crippen LogP contribution in [0.1, 0.15) is 33.4 Å². The zero-order valence-electron chi connectivity index (χ0n) is 14.7. The number of carbonyl (C=O) groups is 2. The fourth-order valence-corrected chi connectivity index (χ4v) is 5.84. The van der Waals surface area contributed by atoms with Crippen LogP contribution in [0, 0.1) is 6.92 Å². The summed E-state index contributed by atoms with van der Waals surface area (Å²) >= 11 is 13.2. The Morgan fingerprint density at radius 1 is 1.39 bits per heavy atom. The quantitative estimate of drug-likeness (QED) is 0.371. The first kappa shape index (κ1) is 21.0. The maximum Gasteiger partial charge on any atom is 0.331 e. The van der Waals surface area contributed by atoms with Gasteiger partial charge in [-0.25, -0.2) is 17.9 Å². The summed E-state index contributed by atoms with van der Waals surface area (Å²) in [6.45, 7) is 1.31. The lowest BCUT2D eigenvalue weighted by Gasteiger charge is -2.09. The van der Waals surface area contributed by atoms with Gasteiger partial charge in [-0.2, -0.15) is 5.10 Å². The minimum atomic E-state index is -3.08. The topological polar surface area (TPSA) is 95.3 Å². The van der Waals surface area contributed by atoms with E-state index in [-0.39, 0.29) is 28.5 Å². The first-order valence-electron chi connectivity index (χ1n) is 8.24. The summed E-state index contributed by atoms with van der Waals surface area (Å²) < 4.78 is 30.2. The number of esters is 1. The van der Waals surface area contributed by atoms with Gasteiger partial charge in [0.1, 0.15) is 5.15 Å². The van der Waals surface area contributed by atoms with E-state index in [2.05, 4.69) is 5.10 Å². The predicted molar refractivity (Wildman–Crippen MR) is 108 cm³/mol. The number of nitrogens with zero attached hydrogens (tertiary/aromatic N) is 2. The van der Waals surface area contributed by atoms with Crippen LogP contribution in [-0.2, 0) is 19.4 Å². The standard InChI is InChI=1S/C17H16Cl2N2O5S2/c1-10-12(17(19)21(20-10)11-6-7-28(24,25)9-11)2-5-16(23)26-8-13(22)14-3-4-15(18)27-14/h2-5,11H,6-9H2,1H3. The molecule has 1 saturated heterocycles. The van der Waals surface area contributed by atoms with Gasteiger partial charge in [0.15, 0.2) is 16.4 Å². The Labute approximate surface area is 175 Å². The van der Waals surface area contributed by atoms with Crippen LogP contribution in [0.2, 0.25) is 9.49 Å². The van der Waals surface area contributed by atoms with Crippen molar-refractivity contribution in [1.82, 2.24) is 9.78 Å². The van der Waals surface area contributed by atoms with Crippen LogP contribution in [0.5, 0.6) is 0 Å². The molecule has 1 fully saturated rings. The van der Waals surface area contributed by atoms with Crippen LogP contribution in [0.3, 0.4) is 0 Å². The molecule has 1 aliphatic heterocycles. The lowest BCUT2D eigenvalue weighted by Crippen LogP contribution is -2.12. The third-order valence-electron chi connectivity index (χ3n) is 4.20. The molecule has 7 nitrogen and oxygen atoms in total. The van der Waals surface area contributed by atoms with E-state index in [0.29, 0.717) is 26.9 Å². The summed E-state index contributed by atoms with van der Waals surface area (Å²) in [4.78, 5) is 24.2. The van der Waals surface area contributed by atoms with Gasteiger partial charge in [0.2, 0.25) is 5.78 Å². The van der Waals surface area contributed by atoms with Crippen LogP contribution in [0.15, 0.2) is 18.2 Å². The van der Waals surface area contributed by atoms with E-state index in [9.17, 15) is 18.0 Å². The molecule has 0 amide bonds. The number of sulfone groups is 1. The fraction of sp³-hybridized carbons (Fsp3) is 0.353. The van der Waals surface area contributed by atoms with E-state index in [1.807, 2.05) is 0 Å². The summed E-state index contributed by atoms with van der Waals surface area (Å²) in [7, 11) is -3.08. The number of Topliss-reactive ketones (excluding diaryl/α,β-unsaturated/α-hetero) is 1. The molecule has 0 aliphatic carbocycles. The van der Waals surface area contributed by atoms with E-state index < -0.39 is 22.4 Å². The van der Waals surface area contributed by atoms with Crippen molar-refractivity contribution in [3.63, 3.8) is 0 Å². The van der Waals surface area contributed by atoms with Crippen molar-refractivity contribution < 1.29 is 22.7 Å². The second-order valence-electron chi connectivity index (χ2n) is 6.26. The number of rotatable bonds is 6. The molecule has 150 valence electrons. The molecule has 2 aromatic rings. The Kier molecular flexibility index (Phi) is 6.28. The normalized spacial score (nSPS) is 18.6. The zero-order chi connectivity index (χ0) is 20.5.